The number of aromatic nitrogens is 4. The van der Waals surface area contributed by atoms with E-state index in [9.17, 15) is 4.79 Å². The zero-order valence-electron chi connectivity index (χ0n) is 19.0. The Morgan fingerprint density at radius 2 is 1.82 bits per heavy atom. The van der Waals surface area contributed by atoms with Crippen LogP contribution >= 0.6 is 0 Å². The number of nitrogens with one attached hydrogen (secondary N) is 1. The van der Waals surface area contributed by atoms with Gasteiger partial charge in [0, 0.05) is 0 Å². The summed E-state index contributed by atoms with van der Waals surface area (Å²) in [5.74, 6) is 2.03. The predicted molar refractivity (Wildman–Crippen MR) is 123 cm³/mol. The van der Waals surface area contributed by atoms with Gasteiger partial charge in [-0.1, -0.05) is 29.5 Å². The molecule has 9 heteroatoms. The Labute approximate surface area is 191 Å². The van der Waals surface area contributed by atoms with E-state index >= 15 is 0 Å². The summed E-state index contributed by atoms with van der Waals surface area (Å²) < 4.78 is 18.5. The number of para-hydroxylation sites is 3. The Bertz CT molecular complexity index is 1280. The molecular formula is C24H25N5O4. The number of oxazole rings is 1. The van der Waals surface area contributed by atoms with E-state index in [0.717, 1.165) is 5.56 Å². The van der Waals surface area contributed by atoms with Crippen LogP contribution in [0.25, 0.3) is 11.5 Å². The van der Waals surface area contributed by atoms with Crippen LogP contribution in [0.3, 0.4) is 0 Å². The molecule has 0 fully saturated rings. The number of hydrogen-bond donors (Lipinski definition) is 1. The first-order valence-corrected chi connectivity index (χ1v) is 10.5. The van der Waals surface area contributed by atoms with Crippen LogP contribution in [0, 0.1) is 13.8 Å². The number of amides is 1. The fourth-order valence-electron chi connectivity index (χ4n) is 3.41. The maximum atomic E-state index is 12.9. The fraction of sp³-hybridized carbons (Fsp3) is 0.250. The first kappa shape index (κ1) is 22.1. The molecule has 2 aromatic carbocycles. The van der Waals surface area contributed by atoms with Gasteiger partial charge in [-0.2, -0.15) is 0 Å². The SMILES string of the molecule is CCOc1ccccc1NC(=O)c1nnn(Cc2nc(-c3ccccc3OC)oc2C)c1C. The van der Waals surface area contributed by atoms with Crippen LogP contribution in [-0.2, 0) is 6.54 Å². The molecule has 1 N–H and O–H groups in total. The summed E-state index contributed by atoms with van der Waals surface area (Å²) >= 11 is 0. The van der Waals surface area contributed by atoms with Crippen molar-refractivity contribution in [3.8, 4) is 23.0 Å². The largest absolute Gasteiger partial charge is 0.496 e. The highest BCUT2D eigenvalue weighted by Gasteiger charge is 2.21. The van der Waals surface area contributed by atoms with Gasteiger partial charge in [-0.3, -0.25) is 4.79 Å². The molecule has 0 saturated heterocycles. The van der Waals surface area contributed by atoms with Gasteiger partial charge in [0.15, 0.2) is 5.69 Å². The van der Waals surface area contributed by atoms with Gasteiger partial charge in [0.1, 0.15) is 23.0 Å². The molecule has 0 aliphatic heterocycles. The van der Waals surface area contributed by atoms with Crippen molar-refractivity contribution >= 4 is 11.6 Å². The second kappa shape index (κ2) is 9.56. The summed E-state index contributed by atoms with van der Waals surface area (Å²) in [6.45, 7) is 6.33. The van der Waals surface area contributed by atoms with E-state index in [2.05, 4.69) is 20.6 Å². The number of nitrogens with zero attached hydrogens (tertiary/aromatic N) is 4. The number of rotatable bonds is 8. The lowest BCUT2D eigenvalue weighted by Gasteiger charge is -2.10. The molecule has 170 valence electrons. The molecule has 0 spiro atoms. The van der Waals surface area contributed by atoms with E-state index in [1.807, 2.05) is 50.2 Å². The average molecular weight is 447 g/mol. The van der Waals surface area contributed by atoms with Crippen molar-refractivity contribution in [2.45, 2.75) is 27.3 Å². The third kappa shape index (κ3) is 4.57. The smallest absolute Gasteiger partial charge is 0.278 e. The van der Waals surface area contributed by atoms with Crippen LogP contribution in [-0.4, -0.2) is 39.6 Å². The standard InChI is InChI=1S/C24H25N5O4/c1-5-32-21-13-9-7-11-18(21)25-23(30)22-15(2)29(28-27-22)14-19-16(3)33-24(26-19)17-10-6-8-12-20(17)31-4/h6-13H,5,14H2,1-4H3,(H,25,30). The van der Waals surface area contributed by atoms with Crippen molar-refractivity contribution in [3.05, 3.63) is 71.4 Å². The minimum atomic E-state index is -0.363. The van der Waals surface area contributed by atoms with E-state index < -0.39 is 0 Å². The van der Waals surface area contributed by atoms with Gasteiger partial charge in [-0.15, -0.1) is 5.10 Å². The average Bonchev–Trinajstić information content (AvgIpc) is 3.37. The molecular weight excluding hydrogens is 422 g/mol. The Morgan fingerprint density at radius 1 is 1.09 bits per heavy atom. The fourth-order valence-corrected chi connectivity index (χ4v) is 3.41. The van der Waals surface area contributed by atoms with E-state index in [4.69, 9.17) is 13.9 Å². The maximum absolute atomic E-state index is 12.9. The molecule has 0 radical (unpaired) electrons. The molecule has 0 bridgehead atoms. The highest BCUT2D eigenvalue weighted by Crippen LogP contribution is 2.30. The number of hydrogen-bond acceptors (Lipinski definition) is 7. The highest BCUT2D eigenvalue weighted by atomic mass is 16.5. The summed E-state index contributed by atoms with van der Waals surface area (Å²) in [6, 6.07) is 14.8. The molecule has 33 heavy (non-hydrogen) atoms. The number of methoxy groups -OCH3 is 1. The second-order valence-electron chi connectivity index (χ2n) is 7.29. The normalized spacial score (nSPS) is 10.8. The molecule has 0 aliphatic carbocycles. The molecule has 2 heterocycles. The molecule has 2 aromatic heterocycles. The third-order valence-electron chi connectivity index (χ3n) is 5.16. The summed E-state index contributed by atoms with van der Waals surface area (Å²) in [5, 5.41) is 11.1. The van der Waals surface area contributed by atoms with Crippen molar-refractivity contribution in [1.82, 2.24) is 20.0 Å². The van der Waals surface area contributed by atoms with Crippen molar-refractivity contribution in [1.29, 1.82) is 0 Å². The zero-order chi connectivity index (χ0) is 23.4. The molecule has 4 rings (SSSR count). The van der Waals surface area contributed by atoms with Crippen molar-refractivity contribution in [2.24, 2.45) is 0 Å². The number of ether oxygens (including phenoxy) is 2. The highest BCUT2D eigenvalue weighted by molar-refractivity contribution is 6.04. The van der Waals surface area contributed by atoms with E-state index in [0.29, 0.717) is 53.4 Å². The Balaban J connectivity index is 1.54. The van der Waals surface area contributed by atoms with Gasteiger partial charge in [0.05, 0.1) is 37.2 Å². The van der Waals surface area contributed by atoms with Gasteiger partial charge in [0.25, 0.3) is 5.91 Å². The van der Waals surface area contributed by atoms with Gasteiger partial charge in [-0.25, -0.2) is 9.67 Å². The summed E-state index contributed by atoms with van der Waals surface area (Å²) in [4.78, 5) is 17.5. The molecule has 0 atom stereocenters. The van der Waals surface area contributed by atoms with E-state index in [1.54, 1.807) is 30.8 Å². The van der Waals surface area contributed by atoms with Crippen molar-refractivity contribution in [2.75, 3.05) is 19.0 Å². The number of anilines is 1. The van der Waals surface area contributed by atoms with Crippen LogP contribution in [0.15, 0.2) is 52.9 Å². The van der Waals surface area contributed by atoms with Crippen LogP contribution in [0.5, 0.6) is 11.5 Å². The number of carbonyl (C=O) groups is 1. The lowest BCUT2D eigenvalue weighted by molar-refractivity contribution is 0.102. The quantitative estimate of drug-likeness (QED) is 0.430. The maximum Gasteiger partial charge on any atom is 0.278 e. The Morgan fingerprint density at radius 3 is 2.58 bits per heavy atom. The summed E-state index contributed by atoms with van der Waals surface area (Å²) in [7, 11) is 1.60. The first-order valence-electron chi connectivity index (χ1n) is 10.5. The topological polar surface area (TPSA) is 104 Å². The predicted octanol–water partition coefficient (Wildman–Crippen LogP) is 4.26. The summed E-state index contributed by atoms with van der Waals surface area (Å²) in [6.07, 6.45) is 0. The zero-order valence-corrected chi connectivity index (χ0v) is 19.0. The number of benzene rings is 2. The monoisotopic (exact) mass is 447 g/mol. The van der Waals surface area contributed by atoms with Crippen molar-refractivity contribution in [3.63, 3.8) is 0 Å². The van der Waals surface area contributed by atoms with Crippen molar-refractivity contribution < 1.29 is 18.7 Å². The molecule has 4 aromatic rings. The van der Waals surface area contributed by atoms with E-state index in [-0.39, 0.29) is 11.6 Å². The molecule has 0 unspecified atom stereocenters. The lowest BCUT2D eigenvalue weighted by atomic mass is 10.2. The van der Waals surface area contributed by atoms with Crippen LogP contribution in [0.1, 0.15) is 34.6 Å². The van der Waals surface area contributed by atoms with E-state index in [1.165, 1.54) is 0 Å². The van der Waals surface area contributed by atoms with Gasteiger partial charge >= 0.3 is 0 Å². The molecule has 0 saturated carbocycles. The third-order valence-corrected chi connectivity index (χ3v) is 5.16. The molecule has 0 aliphatic rings. The Kier molecular flexibility index (Phi) is 6.39. The summed E-state index contributed by atoms with van der Waals surface area (Å²) in [5.41, 5.74) is 2.87. The molecule has 9 nitrogen and oxygen atoms in total. The number of aryl methyl sites for hydroxylation is 1. The van der Waals surface area contributed by atoms with Gasteiger partial charge < -0.3 is 19.2 Å². The minimum absolute atomic E-state index is 0.229. The number of carbonyl (C=O) groups excluding carboxylic acids is 1. The van der Waals surface area contributed by atoms with Crippen LogP contribution in [0.4, 0.5) is 5.69 Å². The second-order valence-corrected chi connectivity index (χ2v) is 7.29. The lowest BCUT2D eigenvalue weighted by Crippen LogP contribution is -2.15. The van der Waals surface area contributed by atoms with Gasteiger partial charge in [-0.05, 0) is 45.0 Å². The van der Waals surface area contributed by atoms with Gasteiger partial charge in [0.2, 0.25) is 5.89 Å². The molecule has 1 amide bonds. The minimum Gasteiger partial charge on any atom is -0.496 e. The van der Waals surface area contributed by atoms with Crippen LogP contribution < -0.4 is 14.8 Å². The van der Waals surface area contributed by atoms with Crippen LogP contribution in [0.2, 0.25) is 0 Å². The Hall–Kier alpha value is -4.14. The first-order chi connectivity index (χ1) is 16.0.